The molecular formula is C12H14N4O3. The Kier molecular flexibility index (Phi) is 3.65. The second-order valence-corrected chi connectivity index (χ2v) is 3.90. The third-order valence-corrected chi connectivity index (χ3v) is 2.50. The van der Waals surface area contributed by atoms with E-state index in [1.807, 2.05) is 0 Å². The monoisotopic (exact) mass is 262 g/mol. The normalized spacial score (nSPS) is 10.2. The van der Waals surface area contributed by atoms with Gasteiger partial charge in [-0.15, -0.1) is 0 Å². The fourth-order valence-corrected chi connectivity index (χ4v) is 1.56. The maximum absolute atomic E-state index is 11.9. The van der Waals surface area contributed by atoms with Crippen LogP contribution in [0, 0.1) is 0 Å². The van der Waals surface area contributed by atoms with Crippen LogP contribution >= 0.6 is 0 Å². The molecule has 1 amide bonds. The highest BCUT2D eigenvalue weighted by Crippen LogP contribution is 2.26. The number of hydrogen-bond acceptors (Lipinski definition) is 5. The summed E-state index contributed by atoms with van der Waals surface area (Å²) in [4.78, 5) is 15.8. The number of hydrogen-bond donors (Lipinski definition) is 2. The molecule has 0 radical (unpaired) electrons. The van der Waals surface area contributed by atoms with Crippen molar-refractivity contribution in [2.24, 2.45) is 7.05 Å². The lowest BCUT2D eigenvalue weighted by Gasteiger charge is -2.06. The number of aromatic nitrogens is 3. The highest BCUT2D eigenvalue weighted by atomic mass is 16.5. The van der Waals surface area contributed by atoms with Gasteiger partial charge >= 0.3 is 0 Å². The van der Waals surface area contributed by atoms with Crippen molar-refractivity contribution in [2.45, 2.75) is 6.54 Å². The van der Waals surface area contributed by atoms with Crippen LogP contribution < -0.4 is 10.1 Å². The third kappa shape index (κ3) is 3.01. The van der Waals surface area contributed by atoms with Crippen molar-refractivity contribution >= 4 is 5.91 Å². The number of benzene rings is 1. The van der Waals surface area contributed by atoms with Crippen LogP contribution in [-0.4, -0.2) is 32.9 Å². The lowest BCUT2D eigenvalue weighted by molar-refractivity contribution is 0.0949. The average Bonchev–Trinajstić information content (AvgIpc) is 2.81. The number of amides is 1. The Bertz CT molecular complexity index is 594. The zero-order chi connectivity index (χ0) is 13.8. The van der Waals surface area contributed by atoms with Crippen LogP contribution in [0.2, 0.25) is 0 Å². The quantitative estimate of drug-likeness (QED) is 0.835. The number of aryl methyl sites for hydroxylation is 1. The number of rotatable bonds is 4. The van der Waals surface area contributed by atoms with Gasteiger partial charge in [-0.2, -0.15) is 5.10 Å². The summed E-state index contributed by atoms with van der Waals surface area (Å²) in [7, 11) is 3.20. The van der Waals surface area contributed by atoms with Gasteiger partial charge in [-0.05, 0) is 18.2 Å². The predicted octanol–water partition coefficient (Wildman–Crippen LogP) is 0.459. The number of aromatic hydroxyl groups is 1. The molecule has 7 nitrogen and oxygen atoms in total. The molecule has 2 aromatic rings. The molecule has 0 saturated heterocycles. The Morgan fingerprint density at radius 2 is 2.32 bits per heavy atom. The Labute approximate surface area is 109 Å². The summed E-state index contributed by atoms with van der Waals surface area (Å²) in [5.74, 6) is 0.452. The number of carbonyl (C=O) groups is 1. The van der Waals surface area contributed by atoms with Gasteiger partial charge in [0.15, 0.2) is 17.3 Å². The van der Waals surface area contributed by atoms with Crippen LogP contribution in [0.4, 0.5) is 0 Å². The number of methoxy groups -OCH3 is 1. The van der Waals surface area contributed by atoms with Gasteiger partial charge in [0, 0.05) is 12.6 Å². The molecule has 100 valence electrons. The minimum absolute atomic E-state index is 0.0777. The van der Waals surface area contributed by atoms with Crippen LogP contribution in [0.15, 0.2) is 24.5 Å². The summed E-state index contributed by atoms with van der Waals surface area (Å²) in [6.45, 7) is 0.229. The molecule has 0 aliphatic heterocycles. The van der Waals surface area contributed by atoms with E-state index in [-0.39, 0.29) is 18.2 Å². The fraction of sp³-hybridized carbons (Fsp3) is 0.250. The van der Waals surface area contributed by atoms with Crippen LogP contribution in [0.25, 0.3) is 0 Å². The van der Waals surface area contributed by atoms with Crippen molar-refractivity contribution in [3.8, 4) is 11.5 Å². The second-order valence-electron chi connectivity index (χ2n) is 3.90. The number of phenolic OH excluding ortho intramolecular Hbond substituents is 1. The first-order chi connectivity index (χ1) is 9.10. The van der Waals surface area contributed by atoms with Gasteiger partial charge in [0.05, 0.1) is 13.7 Å². The molecular weight excluding hydrogens is 248 g/mol. The zero-order valence-electron chi connectivity index (χ0n) is 10.6. The summed E-state index contributed by atoms with van der Waals surface area (Å²) < 4.78 is 6.46. The molecule has 0 unspecified atom stereocenters. The van der Waals surface area contributed by atoms with Gasteiger partial charge < -0.3 is 15.2 Å². The number of carbonyl (C=O) groups excluding carboxylic acids is 1. The first kappa shape index (κ1) is 12.9. The Morgan fingerprint density at radius 3 is 2.89 bits per heavy atom. The first-order valence-electron chi connectivity index (χ1n) is 5.60. The van der Waals surface area contributed by atoms with E-state index in [4.69, 9.17) is 4.74 Å². The molecule has 0 fully saturated rings. The second kappa shape index (κ2) is 5.38. The Morgan fingerprint density at radius 1 is 1.53 bits per heavy atom. The van der Waals surface area contributed by atoms with Crippen LogP contribution in [0.5, 0.6) is 11.5 Å². The summed E-state index contributed by atoms with van der Waals surface area (Å²) in [6.07, 6.45) is 1.56. The minimum Gasteiger partial charge on any atom is -0.504 e. The topological polar surface area (TPSA) is 89.3 Å². The fourth-order valence-electron chi connectivity index (χ4n) is 1.56. The third-order valence-electron chi connectivity index (χ3n) is 2.50. The van der Waals surface area contributed by atoms with Crippen molar-refractivity contribution in [1.29, 1.82) is 0 Å². The Hall–Kier alpha value is -2.57. The molecule has 0 atom stereocenters. The maximum Gasteiger partial charge on any atom is 0.251 e. The molecule has 0 saturated carbocycles. The van der Waals surface area contributed by atoms with Crippen molar-refractivity contribution < 1.29 is 14.6 Å². The molecule has 0 aliphatic rings. The van der Waals surface area contributed by atoms with Gasteiger partial charge in [0.1, 0.15) is 6.33 Å². The SMILES string of the molecule is COc1ccc(C(=O)NCc2ncn(C)n2)cc1O. The molecule has 0 bridgehead atoms. The molecule has 0 spiro atoms. The summed E-state index contributed by atoms with van der Waals surface area (Å²) in [5, 5.41) is 16.3. The minimum atomic E-state index is -0.314. The molecule has 1 aromatic carbocycles. The van der Waals surface area contributed by atoms with Crippen molar-refractivity contribution in [2.75, 3.05) is 7.11 Å². The predicted molar refractivity (Wildman–Crippen MR) is 66.8 cm³/mol. The number of nitrogens with one attached hydrogen (secondary N) is 1. The molecule has 2 rings (SSSR count). The van der Waals surface area contributed by atoms with E-state index in [1.165, 1.54) is 19.2 Å². The smallest absolute Gasteiger partial charge is 0.251 e. The van der Waals surface area contributed by atoms with Crippen LogP contribution in [-0.2, 0) is 13.6 Å². The standard InChI is InChI=1S/C12H14N4O3/c1-16-7-14-11(15-16)6-13-12(18)8-3-4-10(19-2)9(17)5-8/h3-5,7,17H,6H2,1-2H3,(H,13,18). The molecule has 0 aliphatic carbocycles. The summed E-state index contributed by atoms with van der Waals surface area (Å²) in [6, 6.07) is 4.45. The lowest BCUT2D eigenvalue weighted by atomic mass is 10.2. The largest absolute Gasteiger partial charge is 0.504 e. The van der Waals surface area contributed by atoms with E-state index in [0.717, 1.165) is 0 Å². The maximum atomic E-state index is 11.9. The number of nitrogens with zero attached hydrogens (tertiary/aromatic N) is 3. The van der Waals surface area contributed by atoms with Crippen molar-refractivity contribution in [1.82, 2.24) is 20.1 Å². The van der Waals surface area contributed by atoms with E-state index in [1.54, 1.807) is 24.1 Å². The molecule has 2 N–H and O–H groups in total. The molecule has 7 heteroatoms. The number of ether oxygens (including phenoxy) is 1. The summed E-state index contributed by atoms with van der Waals surface area (Å²) >= 11 is 0. The van der Waals surface area contributed by atoms with E-state index < -0.39 is 0 Å². The first-order valence-corrected chi connectivity index (χ1v) is 5.60. The lowest BCUT2D eigenvalue weighted by Crippen LogP contribution is -2.23. The van der Waals surface area contributed by atoms with Gasteiger partial charge in [0.2, 0.25) is 0 Å². The zero-order valence-corrected chi connectivity index (χ0v) is 10.6. The Balaban J connectivity index is 2.01. The molecule has 19 heavy (non-hydrogen) atoms. The molecule has 1 aromatic heterocycles. The van der Waals surface area contributed by atoms with Crippen molar-refractivity contribution in [3.63, 3.8) is 0 Å². The van der Waals surface area contributed by atoms with Crippen LogP contribution in [0.1, 0.15) is 16.2 Å². The van der Waals surface area contributed by atoms with E-state index in [9.17, 15) is 9.90 Å². The van der Waals surface area contributed by atoms with Crippen LogP contribution in [0.3, 0.4) is 0 Å². The van der Waals surface area contributed by atoms with Crippen molar-refractivity contribution in [3.05, 3.63) is 35.9 Å². The van der Waals surface area contributed by atoms with E-state index in [0.29, 0.717) is 17.1 Å². The highest BCUT2D eigenvalue weighted by Gasteiger charge is 2.10. The van der Waals surface area contributed by atoms with Gasteiger partial charge in [-0.3, -0.25) is 9.48 Å². The van der Waals surface area contributed by atoms with Gasteiger partial charge in [-0.1, -0.05) is 0 Å². The van der Waals surface area contributed by atoms with Gasteiger partial charge in [-0.25, -0.2) is 4.98 Å². The number of phenols is 1. The van der Waals surface area contributed by atoms with E-state index >= 15 is 0 Å². The molecule has 1 heterocycles. The van der Waals surface area contributed by atoms with E-state index in [2.05, 4.69) is 15.4 Å². The highest BCUT2D eigenvalue weighted by molar-refractivity contribution is 5.94. The summed E-state index contributed by atoms with van der Waals surface area (Å²) in [5.41, 5.74) is 0.342. The average molecular weight is 262 g/mol. The van der Waals surface area contributed by atoms with Gasteiger partial charge in [0.25, 0.3) is 5.91 Å².